The lowest BCUT2D eigenvalue weighted by atomic mass is 9.47. The third kappa shape index (κ3) is 2.27. The van der Waals surface area contributed by atoms with Crippen molar-refractivity contribution in [1.29, 1.82) is 5.26 Å². The Bertz CT molecular complexity index is 986. The number of hydrogen-bond acceptors (Lipinski definition) is 3. The SMILES string of the molecule is Cc1[nH]c(=S)c(C#N)c2c1[C@@]1(C)CC[C@@H]3[C@H](CC=C4C[C@@H](O)CC[C@@]43C)[C@H]1C2. The molecule has 2 N–H and O–H groups in total. The maximum absolute atomic E-state index is 10.2. The van der Waals surface area contributed by atoms with Crippen LogP contribution in [0.1, 0.15) is 74.8 Å². The molecule has 0 aliphatic heterocycles. The molecule has 5 rings (SSSR count). The van der Waals surface area contributed by atoms with Crippen molar-refractivity contribution in [2.75, 3.05) is 0 Å². The van der Waals surface area contributed by atoms with E-state index in [0.29, 0.717) is 28.0 Å². The standard InChI is InChI=1S/C24H30N2OS/c1-13-21-17(18(12-25)22(28)26-13)11-20-16-5-4-14-10-15(27)6-8-23(14,2)19(16)7-9-24(20,21)3/h4,15-16,19-20,27H,5-11H2,1-3H3,(H,26,28)/t15-,16-,19+,20+,23-,24-/m0/s1. The first kappa shape index (κ1) is 18.6. The Morgan fingerprint density at radius 3 is 2.68 bits per heavy atom. The highest BCUT2D eigenvalue weighted by Crippen LogP contribution is 2.64. The molecule has 1 aromatic rings. The molecule has 0 amide bonds. The monoisotopic (exact) mass is 394 g/mol. The summed E-state index contributed by atoms with van der Waals surface area (Å²) in [4.78, 5) is 3.33. The molecule has 0 spiro atoms. The molecule has 2 saturated carbocycles. The van der Waals surface area contributed by atoms with Gasteiger partial charge in [-0.3, -0.25) is 0 Å². The van der Waals surface area contributed by atoms with Gasteiger partial charge in [-0.1, -0.05) is 37.7 Å². The highest BCUT2D eigenvalue weighted by Gasteiger charge is 2.58. The van der Waals surface area contributed by atoms with Crippen molar-refractivity contribution in [1.82, 2.24) is 4.98 Å². The Labute approximate surface area is 172 Å². The van der Waals surface area contributed by atoms with Crippen molar-refractivity contribution in [3.8, 4) is 6.07 Å². The highest BCUT2D eigenvalue weighted by molar-refractivity contribution is 7.71. The molecular weight excluding hydrogens is 364 g/mol. The summed E-state index contributed by atoms with van der Waals surface area (Å²) in [6.45, 7) is 7.04. The van der Waals surface area contributed by atoms with Gasteiger partial charge in [0.05, 0.1) is 11.7 Å². The van der Waals surface area contributed by atoms with E-state index in [2.05, 4.69) is 37.9 Å². The quantitative estimate of drug-likeness (QED) is 0.466. The normalized spacial score (nSPS) is 41.2. The van der Waals surface area contributed by atoms with Crippen molar-refractivity contribution in [3.63, 3.8) is 0 Å². The summed E-state index contributed by atoms with van der Waals surface area (Å²) in [6, 6.07) is 2.40. The minimum Gasteiger partial charge on any atom is -0.393 e. The third-order valence-corrected chi connectivity index (χ3v) is 9.39. The molecule has 3 nitrogen and oxygen atoms in total. The number of aromatic amines is 1. The molecule has 2 fully saturated rings. The number of aromatic nitrogens is 1. The number of aliphatic hydroxyl groups is 1. The lowest BCUT2D eigenvalue weighted by Crippen LogP contribution is -2.51. The van der Waals surface area contributed by atoms with Crippen molar-refractivity contribution < 1.29 is 5.11 Å². The van der Waals surface area contributed by atoms with Gasteiger partial charge in [-0.15, -0.1) is 0 Å². The van der Waals surface area contributed by atoms with E-state index in [0.717, 1.165) is 32.1 Å². The summed E-state index contributed by atoms with van der Waals surface area (Å²) in [5, 5.41) is 20.0. The number of nitrogens with one attached hydrogen (secondary N) is 1. The summed E-state index contributed by atoms with van der Waals surface area (Å²) in [6.07, 6.45) is 9.80. The Morgan fingerprint density at radius 2 is 1.93 bits per heavy atom. The van der Waals surface area contributed by atoms with Gasteiger partial charge < -0.3 is 10.1 Å². The average Bonchev–Trinajstić information content (AvgIpc) is 2.96. The second-order valence-corrected chi connectivity index (χ2v) is 10.6. The van der Waals surface area contributed by atoms with E-state index in [1.807, 2.05) is 0 Å². The zero-order chi connectivity index (χ0) is 19.8. The summed E-state index contributed by atoms with van der Waals surface area (Å²) < 4.78 is 0.608. The van der Waals surface area contributed by atoms with Gasteiger partial charge in [0.1, 0.15) is 10.7 Å². The minimum absolute atomic E-state index is 0.140. The van der Waals surface area contributed by atoms with Crippen LogP contribution in [0.3, 0.4) is 0 Å². The third-order valence-electron chi connectivity index (χ3n) is 9.08. The molecule has 0 radical (unpaired) electrons. The molecule has 4 aliphatic carbocycles. The Morgan fingerprint density at radius 1 is 1.18 bits per heavy atom. The topological polar surface area (TPSA) is 59.8 Å². The molecule has 28 heavy (non-hydrogen) atoms. The number of allylic oxidation sites excluding steroid dienone is 1. The van der Waals surface area contributed by atoms with Crippen LogP contribution in [0.5, 0.6) is 0 Å². The highest BCUT2D eigenvalue weighted by atomic mass is 32.1. The number of nitriles is 1. The molecule has 0 unspecified atom stereocenters. The number of hydrogen-bond donors (Lipinski definition) is 2. The van der Waals surface area contributed by atoms with E-state index in [4.69, 9.17) is 12.2 Å². The molecule has 4 aliphatic rings. The molecular formula is C24H30N2OS. The number of fused-ring (bicyclic) bond motifs is 7. The zero-order valence-corrected chi connectivity index (χ0v) is 18.0. The second-order valence-electron chi connectivity index (χ2n) is 10.2. The number of aryl methyl sites for hydroxylation is 1. The number of rotatable bonds is 0. The molecule has 1 heterocycles. The van der Waals surface area contributed by atoms with Crippen LogP contribution < -0.4 is 0 Å². The van der Waals surface area contributed by atoms with Crippen molar-refractivity contribution in [2.24, 2.45) is 23.2 Å². The fraction of sp³-hybridized carbons (Fsp3) is 0.667. The fourth-order valence-electron chi connectivity index (χ4n) is 7.75. The number of nitrogens with zero attached hydrogens (tertiary/aromatic N) is 1. The Balaban J connectivity index is 1.60. The Kier molecular flexibility index (Phi) is 4.00. The number of H-pyrrole nitrogens is 1. The zero-order valence-electron chi connectivity index (χ0n) is 17.1. The van der Waals surface area contributed by atoms with E-state index in [1.54, 1.807) is 0 Å². The maximum atomic E-state index is 10.2. The molecule has 4 heteroatoms. The van der Waals surface area contributed by atoms with Gasteiger partial charge in [-0.05, 0) is 91.6 Å². The lowest BCUT2D eigenvalue weighted by molar-refractivity contribution is -0.0164. The predicted octanol–water partition coefficient (Wildman–Crippen LogP) is 5.26. The lowest BCUT2D eigenvalue weighted by Gasteiger charge is -2.57. The summed E-state index contributed by atoms with van der Waals surface area (Å²) in [5.74, 6) is 1.94. The Hall–Kier alpha value is -1.44. The molecule has 0 saturated heterocycles. The van der Waals surface area contributed by atoms with Gasteiger partial charge in [0.2, 0.25) is 0 Å². The van der Waals surface area contributed by atoms with E-state index in [9.17, 15) is 10.4 Å². The van der Waals surface area contributed by atoms with Gasteiger partial charge >= 0.3 is 0 Å². The van der Waals surface area contributed by atoms with Crippen LogP contribution in [0.25, 0.3) is 0 Å². The van der Waals surface area contributed by atoms with Gasteiger partial charge in [0.15, 0.2) is 0 Å². The molecule has 0 bridgehead atoms. The van der Waals surface area contributed by atoms with Crippen LogP contribution in [-0.4, -0.2) is 16.2 Å². The number of pyridine rings is 1. The van der Waals surface area contributed by atoms with Crippen molar-refractivity contribution in [2.45, 2.75) is 77.2 Å². The molecule has 148 valence electrons. The number of aliphatic hydroxyl groups excluding tert-OH is 1. The second kappa shape index (κ2) is 6.03. The van der Waals surface area contributed by atoms with Crippen LogP contribution in [0.15, 0.2) is 11.6 Å². The van der Waals surface area contributed by atoms with Gasteiger partial charge in [-0.2, -0.15) is 5.26 Å². The van der Waals surface area contributed by atoms with Gasteiger partial charge in [0.25, 0.3) is 0 Å². The van der Waals surface area contributed by atoms with E-state index in [1.165, 1.54) is 35.2 Å². The molecule has 6 atom stereocenters. The smallest absolute Gasteiger partial charge is 0.121 e. The summed E-state index contributed by atoms with van der Waals surface area (Å²) in [5.41, 5.74) is 6.41. The summed E-state index contributed by atoms with van der Waals surface area (Å²) in [7, 11) is 0. The predicted molar refractivity (Wildman–Crippen MR) is 113 cm³/mol. The van der Waals surface area contributed by atoms with Gasteiger partial charge in [0, 0.05) is 5.69 Å². The van der Waals surface area contributed by atoms with E-state index >= 15 is 0 Å². The first-order chi connectivity index (χ1) is 13.3. The van der Waals surface area contributed by atoms with Crippen LogP contribution in [0, 0.1) is 46.1 Å². The molecule has 0 aromatic carbocycles. The van der Waals surface area contributed by atoms with Gasteiger partial charge in [-0.25, -0.2) is 0 Å². The molecule has 1 aromatic heterocycles. The fourth-order valence-corrected chi connectivity index (χ4v) is 8.07. The average molecular weight is 395 g/mol. The van der Waals surface area contributed by atoms with E-state index < -0.39 is 0 Å². The van der Waals surface area contributed by atoms with Crippen LogP contribution in [-0.2, 0) is 11.8 Å². The first-order valence-corrected chi connectivity index (χ1v) is 11.2. The largest absolute Gasteiger partial charge is 0.393 e. The minimum atomic E-state index is -0.151. The maximum Gasteiger partial charge on any atom is 0.121 e. The van der Waals surface area contributed by atoms with Crippen molar-refractivity contribution in [3.05, 3.63) is 38.7 Å². The van der Waals surface area contributed by atoms with E-state index in [-0.39, 0.29) is 16.9 Å². The first-order valence-electron chi connectivity index (χ1n) is 10.8. The van der Waals surface area contributed by atoms with Crippen LogP contribution in [0.2, 0.25) is 0 Å². The summed E-state index contributed by atoms with van der Waals surface area (Å²) >= 11 is 5.49. The van der Waals surface area contributed by atoms with Crippen LogP contribution in [0.4, 0.5) is 0 Å². The van der Waals surface area contributed by atoms with Crippen molar-refractivity contribution >= 4 is 12.2 Å². The van der Waals surface area contributed by atoms with Crippen LogP contribution >= 0.6 is 12.2 Å².